The SMILES string of the molecule is COc1ccccc1N(C)c1cc(C)c(C)cc1N. The van der Waals surface area contributed by atoms with Gasteiger partial charge in [0.15, 0.2) is 0 Å². The number of methoxy groups -OCH3 is 1. The summed E-state index contributed by atoms with van der Waals surface area (Å²) in [6.07, 6.45) is 0. The average molecular weight is 256 g/mol. The topological polar surface area (TPSA) is 38.5 Å². The molecule has 0 fully saturated rings. The molecule has 0 saturated carbocycles. The van der Waals surface area contributed by atoms with Crippen molar-refractivity contribution < 1.29 is 4.74 Å². The summed E-state index contributed by atoms with van der Waals surface area (Å²) in [5, 5.41) is 0. The minimum Gasteiger partial charge on any atom is -0.495 e. The lowest BCUT2D eigenvalue weighted by atomic mass is 10.1. The van der Waals surface area contributed by atoms with Gasteiger partial charge < -0.3 is 15.4 Å². The van der Waals surface area contributed by atoms with Crippen LogP contribution in [0.1, 0.15) is 11.1 Å². The standard InChI is InChI=1S/C16H20N2O/c1-11-9-13(17)15(10-12(11)2)18(3)14-7-5-6-8-16(14)19-4/h5-10H,17H2,1-4H3. The second-order valence-electron chi connectivity index (χ2n) is 4.73. The first-order chi connectivity index (χ1) is 9.04. The molecule has 0 atom stereocenters. The summed E-state index contributed by atoms with van der Waals surface area (Å²) < 4.78 is 5.40. The molecule has 0 spiro atoms. The lowest BCUT2D eigenvalue weighted by Crippen LogP contribution is -2.13. The van der Waals surface area contributed by atoms with Crippen LogP contribution in [0.5, 0.6) is 5.75 Å². The number of aryl methyl sites for hydroxylation is 2. The van der Waals surface area contributed by atoms with Crippen LogP contribution in [-0.4, -0.2) is 14.2 Å². The molecule has 0 aliphatic carbocycles. The van der Waals surface area contributed by atoms with E-state index in [1.54, 1.807) is 7.11 Å². The van der Waals surface area contributed by atoms with Crippen LogP contribution in [0, 0.1) is 13.8 Å². The number of hydrogen-bond acceptors (Lipinski definition) is 3. The van der Waals surface area contributed by atoms with Crippen molar-refractivity contribution in [2.24, 2.45) is 0 Å². The summed E-state index contributed by atoms with van der Waals surface area (Å²) in [5.41, 5.74) is 11.3. The molecule has 3 nitrogen and oxygen atoms in total. The number of nitrogens with zero attached hydrogens (tertiary/aromatic N) is 1. The van der Waals surface area contributed by atoms with Crippen molar-refractivity contribution >= 4 is 17.1 Å². The van der Waals surface area contributed by atoms with Gasteiger partial charge in [0, 0.05) is 7.05 Å². The fourth-order valence-corrected chi connectivity index (χ4v) is 2.15. The fraction of sp³-hybridized carbons (Fsp3) is 0.250. The Morgan fingerprint density at radius 3 is 2.32 bits per heavy atom. The molecule has 2 rings (SSSR count). The third-order valence-electron chi connectivity index (χ3n) is 3.45. The van der Waals surface area contributed by atoms with E-state index in [1.165, 1.54) is 11.1 Å². The Kier molecular flexibility index (Phi) is 3.65. The van der Waals surface area contributed by atoms with Gasteiger partial charge in [-0.1, -0.05) is 12.1 Å². The predicted octanol–water partition coefficient (Wildman–Crippen LogP) is 3.66. The van der Waals surface area contributed by atoms with Gasteiger partial charge in [-0.25, -0.2) is 0 Å². The molecule has 2 N–H and O–H groups in total. The molecule has 19 heavy (non-hydrogen) atoms. The third kappa shape index (κ3) is 2.50. The van der Waals surface area contributed by atoms with Gasteiger partial charge in [0.05, 0.1) is 24.2 Å². The Morgan fingerprint density at radius 2 is 1.63 bits per heavy atom. The highest BCUT2D eigenvalue weighted by Gasteiger charge is 2.12. The highest BCUT2D eigenvalue weighted by atomic mass is 16.5. The largest absolute Gasteiger partial charge is 0.495 e. The highest BCUT2D eigenvalue weighted by Crippen LogP contribution is 2.36. The maximum Gasteiger partial charge on any atom is 0.142 e. The van der Waals surface area contributed by atoms with E-state index in [0.29, 0.717) is 0 Å². The first kappa shape index (κ1) is 13.3. The second-order valence-corrected chi connectivity index (χ2v) is 4.73. The molecular formula is C16H20N2O. The first-order valence-corrected chi connectivity index (χ1v) is 6.28. The highest BCUT2D eigenvalue weighted by molar-refractivity contribution is 5.78. The van der Waals surface area contributed by atoms with Crippen LogP contribution < -0.4 is 15.4 Å². The molecule has 0 aromatic heterocycles. The Morgan fingerprint density at radius 1 is 1.00 bits per heavy atom. The molecule has 0 amide bonds. The monoisotopic (exact) mass is 256 g/mol. The zero-order chi connectivity index (χ0) is 14.0. The first-order valence-electron chi connectivity index (χ1n) is 6.28. The summed E-state index contributed by atoms with van der Waals surface area (Å²) in [6.45, 7) is 4.16. The van der Waals surface area contributed by atoms with Crippen molar-refractivity contribution in [2.75, 3.05) is 24.8 Å². The quantitative estimate of drug-likeness (QED) is 0.852. The molecule has 100 valence electrons. The molecule has 0 unspecified atom stereocenters. The van der Waals surface area contributed by atoms with Crippen molar-refractivity contribution in [1.29, 1.82) is 0 Å². The van der Waals surface area contributed by atoms with Crippen molar-refractivity contribution in [2.45, 2.75) is 13.8 Å². The molecule has 0 bridgehead atoms. The molecule has 3 heteroatoms. The Bertz CT molecular complexity index is 593. The van der Waals surface area contributed by atoms with Crippen molar-refractivity contribution in [1.82, 2.24) is 0 Å². The zero-order valence-electron chi connectivity index (χ0n) is 11.9. The van der Waals surface area contributed by atoms with E-state index in [-0.39, 0.29) is 0 Å². The Labute approximate surface area is 114 Å². The van der Waals surface area contributed by atoms with E-state index < -0.39 is 0 Å². The van der Waals surface area contributed by atoms with E-state index in [9.17, 15) is 0 Å². The number of benzene rings is 2. The predicted molar refractivity (Wildman–Crippen MR) is 81.4 cm³/mol. The maximum absolute atomic E-state index is 6.14. The van der Waals surface area contributed by atoms with E-state index >= 15 is 0 Å². The van der Waals surface area contributed by atoms with Crippen molar-refractivity contribution in [3.63, 3.8) is 0 Å². The molecule has 0 aliphatic rings. The molecule has 0 radical (unpaired) electrons. The van der Waals surface area contributed by atoms with E-state index in [1.807, 2.05) is 37.4 Å². The number of para-hydroxylation sites is 2. The van der Waals surface area contributed by atoms with Crippen LogP contribution in [0.3, 0.4) is 0 Å². The lowest BCUT2D eigenvalue weighted by molar-refractivity contribution is 0.415. The van der Waals surface area contributed by atoms with Gasteiger partial charge in [0.25, 0.3) is 0 Å². The third-order valence-corrected chi connectivity index (χ3v) is 3.45. The van der Waals surface area contributed by atoms with Crippen molar-refractivity contribution in [3.05, 3.63) is 47.5 Å². The van der Waals surface area contributed by atoms with Crippen LogP contribution >= 0.6 is 0 Å². The van der Waals surface area contributed by atoms with Gasteiger partial charge in [0.1, 0.15) is 5.75 Å². The smallest absolute Gasteiger partial charge is 0.142 e. The summed E-state index contributed by atoms with van der Waals surface area (Å²) in [5.74, 6) is 0.836. The van der Waals surface area contributed by atoms with Crippen LogP contribution in [0.15, 0.2) is 36.4 Å². The van der Waals surface area contributed by atoms with Gasteiger partial charge >= 0.3 is 0 Å². The maximum atomic E-state index is 6.14. The van der Waals surface area contributed by atoms with E-state index in [4.69, 9.17) is 10.5 Å². The number of nitrogens with two attached hydrogens (primary N) is 1. The summed E-state index contributed by atoms with van der Waals surface area (Å²) in [6, 6.07) is 12.0. The molecule has 2 aromatic carbocycles. The van der Waals surface area contributed by atoms with E-state index in [2.05, 4.69) is 24.8 Å². The summed E-state index contributed by atoms with van der Waals surface area (Å²) in [4.78, 5) is 2.06. The minimum atomic E-state index is 0.775. The Hall–Kier alpha value is -2.16. The van der Waals surface area contributed by atoms with E-state index in [0.717, 1.165) is 22.8 Å². The normalized spacial score (nSPS) is 10.3. The summed E-state index contributed by atoms with van der Waals surface area (Å²) in [7, 11) is 3.68. The van der Waals surface area contributed by atoms with Crippen molar-refractivity contribution in [3.8, 4) is 5.75 Å². The number of rotatable bonds is 3. The van der Waals surface area contributed by atoms with Gasteiger partial charge in [-0.05, 0) is 49.2 Å². The van der Waals surface area contributed by atoms with Gasteiger partial charge in [-0.15, -0.1) is 0 Å². The molecule has 2 aromatic rings. The van der Waals surface area contributed by atoms with Gasteiger partial charge in [-0.3, -0.25) is 0 Å². The van der Waals surface area contributed by atoms with Crippen LogP contribution in [0.2, 0.25) is 0 Å². The molecular weight excluding hydrogens is 236 g/mol. The number of nitrogen functional groups attached to an aromatic ring is 1. The Balaban J connectivity index is 2.50. The second kappa shape index (κ2) is 5.22. The molecule has 0 aliphatic heterocycles. The van der Waals surface area contributed by atoms with Crippen LogP contribution in [-0.2, 0) is 0 Å². The van der Waals surface area contributed by atoms with Crippen LogP contribution in [0.4, 0.5) is 17.1 Å². The fourth-order valence-electron chi connectivity index (χ4n) is 2.15. The average Bonchev–Trinajstić information content (AvgIpc) is 2.42. The molecule has 0 heterocycles. The minimum absolute atomic E-state index is 0.775. The molecule has 0 saturated heterocycles. The van der Waals surface area contributed by atoms with Crippen LogP contribution in [0.25, 0.3) is 0 Å². The zero-order valence-corrected chi connectivity index (χ0v) is 11.9. The number of hydrogen-bond donors (Lipinski definition) is 1. The lowest BCUT2D eigenvalue weighted by Gasteiger charge is -2.24. The van der Waals surface area contributed by atoms with Gasteiger partial charge in [0.2, 0.25) is 0 Å². The number of ether oxygens (including phenoxy) is 1. The van der Waals surface area contributed by atoms with Gasteiger partial charge in [-0.2, -0.15) is 0 Å². The summed E-state index contributed by atoms with van der Waals surface area (Å²) >= 11 is 0. The number of anilines is 3.